The van der Waals surface area contributed by atoms with Crippen molar-refractivity contribution in [3.05, 3.63) is 35.1 Å². The smallest absolute Gasteiger partial charge is 0.123 e. The molecule has 92 valence electrons. The first-order valence-corrected chi connectivity index (χ1v) is 5.62. The van der Waals surface area contributed by atoms with Crippen molar-refractivity contribution in [1.29, 1.82) is 5.26 Å². The summed E-state index contributed by atoms with van der Waals surface area (Å²) in [6.07, 6.45) is 0. The fourth-order valence-corrected chi connectivity index (χ4v) is 1.54. The van der Waals surface area contributed by atoms with Crippen molar-refractivity contribution in [1.82, 2.24) is 4.90 Å². The molecular weight excluding hydrogens is 219 g/mol. The van der Waals surface area contributed by atoms with E-state index in [2.05, 4.69) is 6.07 Å². The first-order valence-electron chi connectivity index (χ1n) is 5.62. The highest BCUT2D eigenvalue weighted by Crippen LogP contribution is 2.12. The van der Waals surface area contributed by atoms with Crippen LogP contribution in [0.2, 0.25) is 0 Å². The monoisotopic (exact) mass is 236 g/mol. The van der Waals surface area contributed by atoms with Crippen molar-refractivity contribution < 1.29 is 9.13 Å². The lowest BCUT2D eigenvalue weighted by molar-refractivity contribution is 0.120. The molecule has 0 aliphatic rings. The molecule has 0 aromatic heterocycles. The summed E-state index contributed by atoms with van der Waals surface area (Å²) >= 11 is 0. The van der Waals surface area contributed by atoms with Gasteiger partial charge in [-0.1, -0.05) is 0 Å². The van der Waals surface area contributed by atoms with Crippen LogP contribution in [-0.2, 0) is 11.3 Å². The van der Waals surface area contributed by atoms with Crippen LogP contribution in [-0.4, -0.2) is 31.7 Å². The maximum Gasteiger partial charge on any atom is 0.123 e. The number of likely N-dealkylation sites (N-methyl/N-ethyl adjacent to an activating group) is 1. The minimum atomic E-state index is -0.308. The van der Waals surface area contributed by atoms with Crippen molar-refractivity contribution in [2.24, 2.45) is 0 Å². The summed E-state index contributed by atoms with van der Waals surface area (Å²) in [5, 5.41) is 8.92. The summed E-state index contributed by atoms with van der Waals surface area (Å²) in [5.74, 6) is -0.308. The van der Waals surface area contributed by atoms with E-state index in [9.17, 15) is 4.39 Å². The van der Waals surface area contributed by atoms with Gasteiger partial charge >= 0.3 is 0 Å². The topological polar surface area (TPSA) is 36.3 Å². The second kappa shape index (κ2) is 7.00. The summed E-state index contributed by atoms with van der Waals surface area (Å²) in [6, 6.07) is 6.31. The Labute approximate surface area is 101 Å². The molecule has 0 N–H and O–H groups in total. The number of rotatable bonds is 6. The van der Waals surface area contributed by atoms with Gasteiger partial charge in [0.15, 0.2) is 0 Å². The van der Waals surface area contributed by atoms with Gasteiger partial charge in [0.05, 0.1) is 18.2 Å². The minimum absolute atomic E-state index is 0.308. The van der Waals surface area contributed by atoms with E-state index in [1.54, 1.807) is 0 Å². The van der Waals surface area contributed by atoms with E-state index >= 15 is 0 Å². The molecule has 0 saturated carbocycles. The predicted octanol–water partition coefficient (Wildman–Crippen LogP) is 2.17. The third-order valence-corrected chi connectivity index (χ3v) is 2.45. The Bertz CT molecular complexity index is 401. The Morgan fingerprint density at radius 1 is 1.47 bits per heavy atom. The SMILES string of the molecule is CCOCCN(C)Cc1cc(F)ccc1C#N. The van der Waals surface area contributed by atoms with Crippen molar-refractivity contribution in [3.8, 4) is 6.07 Å². The summed E-state index contributed by atoms with van der Waals surface area (Å²) < 4.78 is 18.3. The third-order valence-electron chi connectivity index (χ3n) is 2.45. The highest BCUT2D eigenvalue weighted by molar-refractivity contribution is 5.37. The summed E-state index contributed by atoms with van der Waals surface area (Å²) in [5.41, 5.74) is 1.24. The van der Waals surface area contributed by atoms with E-state index in [-0.39, 0.29) is 5.82 Å². The molecule has 0 amide bonds. The summed E-state index contributed by atoms with van der Waals surface area (Å²) in [4.78, 5) is 2.01. The normalized spacial score (nSPS) is 10.5. The highest BCUT2D eigenvalue weighted by atomic mass is 19.1. The fourth-order valence-electron chi connectivity index (χ4n) is 1.54. The highest BCUT2D eigenvalue weighted by Gasteiger charge is 2.06. The summed E-state index contributed by atoms with van der Waals surface area (Å²) in [6.45, 7) is 4.59. The lowest BCUT2D eigenvalue weighted by Crippen LogP contribution is -2.23. The van der Waals surface area contributed by atoms with Crippen LogP contribution in [0.15, 0.2) is 18.2 Å². The van der Waals surface area contributed by atoms with Gasteiger partial charge in [-0.05, 0) is 37.7 Å². The van der Waals surface area contributed by atoms with Crippen LogP contribution >= 0.6 is 0 Å². The molecule has 0 fully saturated rings. The average Bonchev–Trinajstić information content (AvgIpc) is 2.29. The summed E-state index contributed by atoms with van der Waals surface area (Å²) in [7, 11) is 1.92. The zero-order chi connectivity index (χ0) is 12.7. The molecule has 0 aliphatic carbocycles. The molecule has 0 unspecified atom stereocenters. The number of hydrogen-bond acceptors (Lipinski definition) is 3. The van der Waals surface area contributed by atoms with Crippen molar-refractivity contribution in [2.45, 2.75) is 13.5 Å². The van der Waals surface area contributed by atoms with Crippen LogP contribution in [0, 0.1) is 17.1 Å². The van der Waals surface area contributed by atoms with Crippen LogP contribution in [0.1, 0.15) is 18.1 Å². The molecule has 0 radical (unpaired) electrons. The van der Waals surface area contributed by atoms with Crippen LogP contribution in [0.3, 0.4) is 0 Å². The lowest BCUT2D eigenvalue weighted by Gasteiger charge is -2.17. The minimum Gasteiger partial charge on any atom is -0.380 e. The quantitative estimate of drug-likeness (QED) is 0.710. The van der Waals surface area contributed by atoms with Crippen molar-refractivity contribution in [2.75, 3.05) is 26.8 Å². The Kier molecular flexibility index (Phi) is 5.61. The molecule has 0 spiro atoms. The molecule has 0 bridgehead atoms. The molecule has 17 heavy (non-hydrogen) atoms. The van der Waals surface area contributed by atoms with Crippen LogP contribution in [0.5, 0.6) is 0 Å². The van der Waals surface area contributed by atoms with E-state index in [0.717, 1.165) is 6.54 Å². The molecule has 0 atom stereocenters. The zero-order valence-electron chi connectivity index (χ0n) is 10.2. The van der Waals surface area contributed by atoms with Gasteiger partial charge in [0, 0.05) is 19.7 Å². The Hall–Kier alpha value is -1.44. The largest absolute Gasteiger partial charge is 0.380 e. The number of hydrogen-bond donors (Lipinski definition) is 0. The third kappa shape index (κ3) is 4.51. The van der Waals surface area contributed by atoms with Gasteiger partial charge in [-0.15, -0.1) is 0 Å². The van der Waals surface area contributed by atoms with Crippen molar-refractivity contribution in [3.63, 3.8) is 0 Å². The maximum atomic E-state index is 13.1. The molecule has 1 aromatic rings. The molecule has 0 saturated heterocycles. The molecule has 0 heterocycles. The molecular formula is C13H17FN2O. The first-order chi connectivity index (χ1) is 8.17. The van der Waals surface area contributed by atoms with Gasteiger partial charge in [0.25, 0.3) is 0 Å². The van der Waals surface area contributed by atoms with E-state index in [1.165, 1.54) is 18.2 Å². The van der Waals surface area contributed by atoms with E-state index in [4.69, 9.17) is 10.00 Å². The maximum absolute atomic E-state index is 13.1. The molecule has 0 aliphatic heterocycles. The fraction of sp³-hybridized carbons (Fsp3) is 0.462. The second-order valence-electron chi connectivity index (χ2n) is 3.85. The van der Waals surface area contributed by atoms with Crippen LogP contribution < -0.4 is 0 Å². The van der Waals surface area contributed by atoms with Gasteiger partial charge in [0.1, 0.15) is 5.82 Å². The van der Waals surface area contributed by atoms with Gasteiger partial charge in [0.2, 0.25) is 0 Å². The van der Waals surface area contributed by atoms with Gasteiger partial charge in [-0.2, -0.15) is 5.26 Å². The number of ether oxygens (including phenoxy) is 1. The van der Waals surface area contributed by atoms with E-state index in [0.29, 0.717) is 30.9 Å². The van der Waals surface area contributed by atoms with Crippen molar-refractivity contribution >= 4 is 0 Å². The standard InChI is InChI=1S/C13H17FN2O/c1-3-17-7-6-16(2)10-12-8-13(14)5-4-11(12)9-15/h4-5,8H,3,6-7,10H2,1-2H3. The van der Waals surface area contributed by atoms with Crippen LogP contribution in [0.25, 0.3) is 0 Å². The zero-order valence-corrected chi connectivity index (χ0v) is 10.2. The van der Waals surface area contributed by atoms with Crippen LogP contribution in [0.4, 0.5) is 4.39 Å². The van der Waals surface area contributed by atoms with Gasteiger partial charge in [-0.25, -0.2) is 4.39 Å². The van der Waals surface area contributed by atoms with Gasteiger partial charge in [-0.3, -0.25) is 4.90 Å². The molecule has 4 heteroatoms. The number of halogens is 1. The average molecular weight is 236 g/mol. The number of nitriles is 1. The Morgan fingerprint density at radius 2 is 2.24 bits per heavy atom. The Morgan fingerprint density at radius 3 is 2.88 bits per heavy atom. The molecule has 3 nitrogen and oxygen atoms in total. The number of nitrogens with zero attached hydrogens (tertiary/aromatic N) is 2. The van der Waals surface area contributed by atoms with E-state index in [1.807, 2.05) is 18.9 Å². The second-order valence-corrected chi connectivity index (χ2v) is 3.85. The predicted molar refractivity (Wildman–Crippen MR) is 63.9 cm³/mol. The molecule has 1 rings (SSSR count). The van der Waals surface area contributed by atoms with Gasteiger partial charge < -0.3 is 4.74 Å². The number of benzene rings is 1. The molecule has 1 aromatic carbocycles. The lowest BCUT2D eigenvalue weighted by atomic mass is 10.1. The first kappa shape index (κ1) is 13.6. The Balaban J connectivity index is 2.61. The van der Waals surface area contributed by atoms with E-state index < -0.39 is 0 Å².